The molecule has 11 heteroatoms. The third-order valence-electron chi connectivity index (χ3n) is 5.11. The van der Waals surface area contributed by atoms with Crippen LogP contribution in [0.2, 0.25) is 0 Å². The quantitative estimate of drug-likeness (QED) is 0.189. The van der Waals surface area contributed by atoms with Crippen molar-refractivity contribution in [1.82, 2.24) is 14.7 Å². The number of ketones is 1. The molecule has 4 rings (SSSR count). The highest BCUT2D eigenvalue weighted by molar-refractivity contribution is 9.10. The molecule has 0 radical (unpaired) electrons. The number of carbonyl (C=O) groups excluding carboxylic acids is 3. The van der Waals surface area contributed by atoms with Gasteiger partial charge in [0, 0.05) is 11.8 Å². The van der Waals surface area contributed by atoms with Gasteiger partial charge in [0.15, 0.2) is 5.82 Å². The molecule has 2 aromatic carbocycles. The summed E-state index contributed by atoms with van der Waals surface area (Å²) in [5, 5.41) is 5.17. The van der Waals surface area contributed by atoms with Gasteiger partial charge in [-0.3, -0.25) is 9.20 Å². The Balaban J connectivity index is 1.46. The number of halogens is 2. The normalized spacial score (nSPS) is 10.6. The van der Waals surface area contributed by atoms with E-state index in [1.807, 2.05) is 12.1 Å². The van der Waals surface area contributed by atoms with Gasteiger partial charge >= 0.3 is 12.0 Å². The maximum absolute atomic E-state index is 13.2. The Kier molecular flexibility index (Phi) is 7.59. The summed E-state index contributed by atoms with van der Waals surface area (Å²) in [6.07, 6.45) is 1.71. The minimum absolute atomic E-state index is 0.000916. The predicted octanol–water partition coefficient (Wildman–Crippen LogP) is 4.45. The first kappa shape index (κ1) is 24.9. The van der Waals surface area contributed by atoms with Gasteiger partial charge in [0.05, 0.1) is 30.4 Å². The molecule has 0 fully saturated rings. The predicted molar refractivity (Wildman–Crippen MR) is 133 cm³/mol. The van der Waals surface area contributed by atoms with Gasteiger partial charge in [-0.1, -0.05) is 6.07 Å². The van der Waals surface area contributed by atoms with Crippen LogP contribution in [0.5, 0.6) is 5.75 Å². The Morgan fingerprint density at radius 1 is 1.08 bits per heavy atom. The number of amides is 2. The first-order valence-corrected chi connectivity index (χ1v) is 11.5. The van der Waals surface area contributed by atoms with Crippen LogP contribution >= 0.6 is 15.9 Å². The number of fused-ring (bicyclic) bond motifs is 1. The van der Waals surface area contributed by atoms with Crippen LogP contribution in [0.15, 0.2) is 71.5 Å². The molecular formula is C25H20BrFN4O5. The lowest BCUT2D eigenvalue weighted by molar-refractivity contribution is 0.0602. The van der Waals surface area contributed by atoms with Crippen molar-refractivity contribution in [3.8, 4) is 5.75 Å². The maximum atomic E-state index is 13.2. The van der Waals surface area contributed by atoms with Gasteiger partial charge in [0.1, 0.15) is 22.8 Å². The number of aromatic nitrogens is 2. The Bertz CT molecular complexity index is 1440. The summed E-state index contributed by atoms with van der Waals surface area (Å²) < 4.78 is 25.3. The fraction of sp³-hybridized carbons (Fsp3) is 0.120. The smallest absolute Gasteiger partial charge is 0.339 e. The second-order valence-electron chi connectivity index (χ2n) is 7.45. The summed E-state index contributed by atoms with van der Waals surface area (Å²) in [6.45, 7) is 0.291. The summed E-state index contributed by atoms with van der Waals surface area (Å²) >= 11 is 3.35. The largest absolute Gasteiger partial charge is 0.492 e. The molecule has 0 bridgehead atoms. The number of methoxy groups -OCH3 is 1. The number of anilines is 1. The van der Waals surface area contributed by atoms with Crippen LogP contribution in [0.1, 0.15) is 26.5 Å². The van der Waals surface area contributed by atoms with Crippen LogP contribution in [0.25, 0.3) is 5.52 Å². The van der Waals surface area contributed by atoms with Gasteiger partial charge in [0.25, 0.3) is 0 Å². The van der Waals surface area contributed by atoms with Gasteiger partial charge in [-0.15, -0.1) is 0 Å². The van der Waals surface area contributed by atoms with Crippen molar-refractivity contribution < 1.29 is 28.2 Å². The second kappa shape index (κ2) is 11.0. The molecule has 2 aromatic heterocycles. The number of hydrogen-bond acceptors (Lipinski definition) is 6. The lowest BCUT2D eigenvalue weighted by Gasteiger charge is -2.12. The average molecular weight is 555 g/mol. The molecule has 2 N–H and O–H groups in total. The van der Waals surface area contributed by atoms with E-state index in [-0.39, 0.29) is 41.6 Å². The lowest BCUT2D eigenvalue weighted by atomic mass is 10.0. The second-order valence-corrected chi connectivity index (χ2v) is 8.20. The van der Waals surface area contributed by atoms with E-state index in [1.54, 1.807) is 16.7 Å². The van der Waals surface area contributed by atoms with E-state index in [9.17, 15) is 18.8 Å². The molecule has 0 spiro atoms. The number of pyridine rings is 1. The highest BCUT2D eigenvalue weighted by Crippen LogP contribution is 2.24. The fourth-order valence-corrected chi connectivity index (χ4v) is 3.88. The van der Waals surface area contributed by atoms with Crippen molar-refractivity contribution in [2.75, 3.05) is 25.6 Å². The Morgan fingerprint density at radius 3 is 2.61 bits per heavy atom. The van der Waals surface area contributed by atoms with Crippen LogP contribution in [0.4, 0.5) is 14.9 Å². The van der Waals surface area contributed by atoms with Gasteiger partial charge < -0.3 is 20.1 Å². The number of nitrogens with zero attached hydrogens (tertiary/aromatic N) is 2. The van der Waals surface area contributed by atoms with Gasteiger partial charge in [0.2, 0.25) is 5.78 Å². The number of carbonyl (C=O) groups is 3. The first-order chi connectivity index (χ1) is 17.4. The first-order valence-electron chi connectivity index (χ1n) is 10.7. The summed E-state index contributed by atoms with van der Waals surface area (Å²) in [7, 11) is 1.20. The zero-order valence-electron chi connectivity index (χ0n) is 19.0. The third kappa shape index (κ3) is 5.52. The summed E-state index contributed by atoms with van der Waals surface area (Å²) in [4.78, 5) is 42.3. The van der Waals surface area contributed by atoms with Gasteiger partial charge in [-0.2, -0.15) is 0 Å². The molecule has 0 atom stereocenters. The Morgan fingerprint density at radius 2 is 1.86 bits per heavy atom. The van der Waals surface area contributed by atoms with Crippen LogP contribution in [0.3, 0.4) is 0 Å². The van der Waals surface area contributed by atoms with Crippen molar-refractivity contribution in [2.45, 2.75) is 0 Å². The monoisotopic (exact) mass is 554 g/mol. The SMILES string of the molecule is COC(=O)c1cc(C(=O)c2nc(Br)c3ccccn23)ccc1NC(=O)NCCOc1ccc(F)cc1. The minimum Gasteiger partial charge on any atom is -0.492 e. The molecule has 0 saturated carbocycles. The highest BCUT2D eigenvalue weighted by Gasteiger charge is 2.22. The number of hydrogen-bond donors (Lipinski definition) is 2. The van der Waals surface area contributed by atoms with E-state index in [2.05, 4.69) is 31.5 Å². The number of rotatable bonds is 8. The number of imidazole rings is 1. The molecule has 2 heterocycles. The van der Waals surface area contributed by atoms with Crippen molar-refractivity contribution in [3.63, 3.8) is 0 Å². The number of urea groups is 1. The number of benzene rings is 2. The van der Waals surface area contributed by atoms with Crippen molar-refractivity contribution in [1.29, 1.82) is 0 Å². The molecule has 184 valence electrons. The molecule has 9 nitrogen and oxygen atoms in total. The van der Waals surface area contributed by atoms with E-state index in [0.717, 1.165) is 0 Å². The van der Waals surface area contributed by atoms with Crippen LogP contribution in [-0.2, 0) is 4.74 Å². The summed E-state index contributed by atoms with van der Waals surface area (Å²) in [5.74, 6) is -0.897. The number of ether oxygens (including phenoxy) is 2. The minimum atomic E-state index is -0.728. The van der Waals surface area contributed by atoms with E-state index in [1.165, 1.54) is 49.6 Å². The lowest BCUT2D eigenvalue weighted by Crippen LogP contribution is -2.32. The molecule has 0 saturated heterocycles. The molecular weight excluding hydrogens is 535 g/mol. The van der Waals surface area contributed by atoms with Crippen LogP contribution in [0, 0.1) is 5.82 Å². The fourth-order valence-electron chi connectivity index (χ4n) is 3.39. The van der Waals surface area contributed by atoms with Crippen molar-refractivity contribution in [3.05, 3.63) is 94.2 Å². The molecule has 36 heavy (non-hydrogen) atoms. The van der Waals surface area contributed by atoms with E-state index in [4.69, 9.17) is 9.47 Å². The molecule has 2 amide bonds. The van der Waals surface area contributed by atoms with Crippen LogP contribution in [-0.4, -0.2) is 47.4 Å². The summed E-state index contributed by atoms with van der Waals surface area (Å²) in [6, 6.07) is 14.6. The van der Waals surface area contributed by atoms with Crippen molar-refractivity contribution in [2.24, 2.45) is 0 Å². The molecule has 0 aliphatic rings. The standard InChI is InChI=1S/C25H20BrFN4O5/c1-35-24(33)18-14-15(21(32)23-30-22(26)20-4-2-3-12-31(20)23)5-10-19(18)29-25(34)28-11-13-36-17-8-6-16(27)7-9-17/h2-10,12,14H,11,13H2,1H3,(H2,28,29,34). The third-order valence-corrected chi connectivity index (χ3v) is 5.70. The summed E-state index contributed by atoms with van der Waals surface area (Å²) in [5.41, 5.74) is 1.07. The Hall–Kier alpha value is -4.25. The van der Waals surface area contributed by atoms with Crippen LogP contribution < -0.4 is 15.4 Å². The van der Waals surface area contributed by atoms with E-state index < -0.39 is 17.8 Å². The average Bonchev–Trinajstić information content (AvgIpc) is 3.23. The number of nitrogens with one attached hydrogen (secondary N) is 2. The molecule has 0 unspecified atom stereocenters. The topological polar surface area (TPSA) is 111 Å². The van der Waals surface area contributed by atoms with E-state index in [0.29, 0.717) is 15.9 Å². The Labute approximate surface area is 213 Å². The highest BCUT2D eigenvalue weighted by atomic mass is 79.9. The molecule has 0 aliphatic heterocycles. The van der Waals surface area contributed by atoms with E-state index >= 15 is 0 Å². The van der Waals surface area contributed by atoms with Gasteiger partial charge in [-0.05, 0) is 70.5 Å². The molecule has 4 aromatic rings. The zero-order chi connectivity index (χ0) is 25.7. The molecule has 0 aliphatic carbocycles. The number of esters is 1. The zero-order valence-corrected chi connectivity index (χ0v) is 20.5. The van der Waals surface area contributed by atoms with Gasteiger partial charge in [-0.25, -0.2) is 19.0 Å². The maximum Gasteiger partial charge on any atom is 0.339 e. The van der Waals surface area contributed by atoms with Crippen molar-refractivity contribution >= 4 is 44.9 Å².